The summed E-state index contributed by atoms with van der Waals surface area (Å²) in [6.45, 7) is 11.5. The first kappa shape index (κ1) is 17.0. The summed E-state index contributed by atoms with van der Waals surface area (Å²) >= 11 is 0. The fourth-order valence-electron chi connectivity index (χ4n) is 2.80. The lowest BCUT2D eigenvalue weighted by molar-refractivity contribution is -0.138. The standard InChI is InChI=1S/C18H29N3O/c1-18(2,3)21(14-16-8-5-4-6-9-16)17(22)15-20-12-7-10-19-11-13-20/h4-6,8-9,19H,7,10-15H2,1-3H3. The third-order valence-electron chi connectivity index (χ3n) is 4.09. The molecule has 1 N–H and O–H groups in total. The first-order chi connectivity index (χ1) is 10.5. The summed E-state index contributed by atoms with van der Waals surface area (Å²) < 4.78 is 0. The second-order valence-corrected chi connectivity index (χ2v) is 7.02. The third-order valence-corrected chi connectivity index (χ3v) is 4.09. The van der Waals surface area contributed by atoms with Gasteiger partial charge in [-0.05, 0) is 45.8 Å². The van der Waals surface area contributed by atoms with Gasteiger partial charge < -0.3 is 10.2 Å². The van der Waals surface area contributed by atoms with Crippen molar-refractivity contribution in [2.24, 2.45) is 0 Å². The highest BCUT2D eigenvalue weighted by Crippen LogP contribution is 2.18. The molecule has 2 rings (SSSR count). The molecule has 4 nitrogen and oxygen atoms in total. The lowest BCUT2D eigenvalue weighted by Crippen LogP contribution is -2.49. The number of carbonyl (C=O) groups is 1. The largest absolute Gasteiger partial charge is 0.332 e. The van der Waals surface area contributed by atoms with Gasteiger partial charge in [0.15, 0.2) is 0 Å². The van der Waals surface area contributed by atoms with Crippen LogP contribution >= 0.6 is 0 Å². The zero-order valence-electron chi connectivity index (χ0n) is 14.1. The molecule has 0 atom stereocenters. The lowest BCUT2D eigenvalue weighted by Gasteiger charge is -2.37. The lowest BCUT2D eigenvalue weighted by atomic mass is 10.0. The van der Waals surface area contributed by atoms with Crippen LogP contribution < -0.4 is 5.32 Å². The van der Waals surface area contributed by atoms with Crippen LogP contribution in [0.15, 0.2) is 30.3 Å². The molecule has 0 radical (unpaired) electrons. The number of nitrogens with one attached hydrogen (secondary N) is 1. The second kappa shape index (κ2) is 7.75. The quantitative estimate of drug-likeness (QED) is 0.925. The van der Waals surface area contributed by atoms with E-state index < -0.39 is 0 Å². The van der Waals surface area contributed by atoms with Crippen LogP contribution in [0.4, 0.5) is 0 Å². The Balaban J connectivity index is 2.03. The fourth-order valence-corrected chi connectivity index (χ4v) is 2.80. The van der Waals surface area contributed by atoms with Crippen LogP contribution in [0.25, 0.3) is 0 Å². The summed E-state index contributed by atoms with van der Waals surface area (Å²) in [5, 5.41) is 3.38. The Morgan fingerprint density at radius 2 is 1.91 bits per heavy atom. The normalized spacial score (nSPS) is 17.0. The van der Waals surface area contributed by atoms with Crippen LogP contribution in [-0.4, -0.2) is 54.0 Å². The number of hydrogen-bond acceptors (Lipinski definition) is 3. The van der Waals surface area contributed by atoms with E-state index in [1.165, 1.54) is 5.56 Å². The molecule has 1 aliphatic rings. The molecule has 122 valence electrons. The zero-order chi connectivity index (χ0) is 16.0. The molecule has 0 spiro atoms. The maximum atomic E-state index is 12.8. The van der Waals surface area contributed by atoms with E-state index in [4.69, 9.17) is 0 Å². The average Bonchev–Trinajstić information content (AvgIpc) is 2.73. The van der Waals surface area contributed by atoms with Crippen molar-refractivity contribution in [1.82, 2.24) is 15.1 Å². The molecule has 1 saturated heterocycles. The van der Waals surface area contributed by atoms with Crippen molar-refractivity contribution in [2.45, 2.75) is 39.3 Å². The highest BCUT2D eigenvalue weighted by molar-refractivity contribution is 5.79. The molecule has 0 saturated carbocycles. The van der Waals surface area contributed by atoms with Crippen molar-refractivity contribution in [3.05, 3.63) is 35.9 Å². The van der Waals surface area contributed by atoms with Gasteiger partial charge in [0.1, 0.15) is 0 Å². The molecule has 0 unspecified atom stereocenters. The van der Waals surface area contributed by atoms with E-state index in [0.717, 1.165) is 32.6 Å². The van der Waals surface area contributed by atoms with Crippen molar-refractivity contribution in [2.75, 3.05) is 32.7 Å². The minimum Gasteiger partial charge on any atom is -0.332 e. The molecule has 22 heavy (non-hydrogen) atoms. The van der Waals surface area contributed by atoms with Gasteiger partial charge in [-0.25, -0.2) is 0 Å². The number of benzene rings is 1. The van der Waals surface area contributed by atoms with Gasteiger partial charge in [0, 0.05) is 25.2 Å². The predicted molar refractivity (Wildman–Crippen MR) is 90.7 cm³/mol. The number of nitrogens with zero attached hydrogens (tertiary/aromatic N) is 2. The molecule has 0 bridgehead atoms. The third kappa shape index (κ3) is 5.11. The molecular formula is C18H29N3O. The number of rotatable bonds is 4. The molecule has 1 fully saturated rings. The van der Waals surface area contributed by atoms with Gasteiger partial charge in [0.25, 0.3) is 0 Å². The smallest absolute Gasteiger partial charge is 0.237 e. The van der Waals surface area contributed by atoms with E-state index >= 15 is 0 Å². The van der Waals surface area contributed by atoms with Gasteiger partial charge in [-0.2, -0.15) is 0 Å². The summed E-state index contributed by atoms with van der Waals surface area (Å²) in [5.41, 5.74) is 1.01. The van der Waals surface area contributed by atoms with Gasteiger partial charge in [0.2, 0.25) is 5.91 Å². The molecular weight excluding hydrogens is 274 g/mol. The van der Waals surface area contributed by atoms with Gasteiger partial charge in [-0.15, -0.1) is 0 Å². The minimum absolute atomic E-state index is 0.170. The highest BCUT2D eigenvalue weighted by atomic mass is 16.2. The van der Waals surface area contributed by atoms with E-state index in [-0.39, 0.29) is 11.4 Å². The van der Waals surface area contributed by atoms with Crippen LogP contribution in [0.1, 0.15) is 32.8 Å². The fraction of sp³-hybridized carbons (Fsp3) is 0.611. The summed E-state index contributed by atoms with van der Waals surface area (Å²) in [6.07, 6.45) is 1.11. The molecule has 1 aliphatic heterocycles. The van der Waals surface area contributed by atoms with E-state index in [2.05, 4.69) is 43.1 Å². The molecule has 1 heterocycles. The minimum atomic E-state index is -0.170. The summed E-state index contributed by atoms with van der Waals surface area (Å²) in [6, 6.07) is 10.2. The van der Waals surface area contributed by atoms with Crippen LogP contribution in [0.3, 0.4) is 0 Å². The van der Waals surface area contributed by atoms with Crippen molar-refractivity contribution in [1.29, 1.82) is 0 Å². The molecule has 1 aromatic carbocycles. The Morgan fingerprint density at radius 3 is 2.59 bits per heavy atom. The van der Waals surface area contributed by atoms with Gasteiger partial charge in [-0.1, -0.05) is 30.3 Å². The predicted octanol–water partition coefficient (Wildman–Crippen LogP) is 2.11. The summed E-state index contributed by atoms with van der Waals surface area (Å²) in [7, 11) is 0. The Morgan fingerprint density at radius 1 is 1.18 bits per heavy atom. The van der Waals surface area contributed by atoms with Crippen molar-refractivity contribution < 1.29 is 4.79 Å². The number of carbonyl (C=O) groups excluding carboxylic acids is 1. The van der Waals surface area contributed by atoms with E-state index in [0.29, 0.717) is 13.1 Å². The Labute approximate surface area is 134 Å². The first-order valence-corrected chi connectivity index (χ1v) is 8.24. The summed E-state index contributed by atoms with van der Waals surface area (Å²) in [4.78, 5) is 17.1. The molecule has 1 amide bonds. The molecule has 1 aromatic rings. The number of amides is 1. The van der Waals surface area contributed by atoms with Crippen LogP contribution in [0.5, 0.6) is 0 Å². The van der Waals surface area contributed by atoms with E-state index in [1.54, 1.807) is 0 Å². The maximum absolute atomic E-state index is 12.8. The Kier molecular flexibility index (Phi) is 5.98. The van der Waals surface area contributed by atoms with E-state index in [1.807, 2.05) is 23.1 Å². The monoisotopic (exact) mass is 303 g/mol. The van der Waals surface area contributed by atoms with Crippen molar-refractivity contribution in [3.63, 3.8) is 0 Å². The highest BCUT2D eigenvalue weighted by Gasteiger charge is 2.27. The number of hydrogen-bond donors (Lipinski definition) is 1. The Hall–Kier alpha value is -1.39. The second-order valence-electron chi connectivity index (χ2n) is 7.02. The van der Waals surface area contributed by atoms with Crippen molar-refractivity contribution in [3.8, 4) is 0 Å². The maximum Gasteiger partial charge on any atom is 0.237 e. The Bertz CT molecular complexity index is 459. The van der Waals surface area contributed by atoms with Crippen LogP contribution in [0.2, 0.25) is 0 Å². The van der Waals surface area contributed by atoms with Crippen LogP contribution in [-0.2, 0) is 11.3 Å². The van der Waals surface area contributed by atoms with Gasteiger partial charge in [0.05, 0.1) is 6.54 Å². The topological polar surface area (TPSA) is 35.6 Å². The van der Waals surface area contributed by atoms with Gasteiger partial charge in [-0.3, -0.25) is 9.69 Å². The van der Waals surface area contributed by atoms with Gasteiger partial charge >= 0.3 is 0 Å². The summed E-state index contributed by atoms with van der Waals surface area (Å²) in [5.74, 6) is 0.221. The zero-order valence-corrected chi connectivity index (χ0v) is 14.1. The average molecular weight is 303 g/mol. The van der Waals surface area contributed by atoms with Crippen molar-refractivity contribution >= 4 is 5.91 Å². The molecule has 4 heteroatoms. The van der Waals surface area contributed by atoms with E-state index in [9.17, 15) is 4.79 Å². The SMILES string of the molecule is CC(C)(C)N(Cc1ccccc1)C(=O)CN1CCCNCC1. The first-order valence-electron chi connectivity index (χ1n) is 8.24. The van der Waals surface area contributed by atoms with Crippen LogP contribution in [0, 0.1) is 0 Å². The molecule has 0 aromatic heterocycles. The molecule has 0 aliphatic carbocycles.